The van der Waals surface area contributed by atoms with E-state index in [1.54, 1.807) is 28.8 Å². The number of aromatic nitrogens is 1. The fourth-order valence-corrected chi connectivity index (χ4v) is 5.84. The van der Waals surface area contributed by atoms with Crippen LogP contribution >= 0.6 is 22.9 Å². The number of hydrogen-bond acceptors (Lipinski definition) is 4. The molecule has 4 nitrogen and oxygen atoms in total. The number of fused-ring (bicyclic) bond motifs is 3. The van der Waals surface area contributed by atoms with Crippen molar-refractivity contribution in [3.63, 3.8) is 0 Å². The normalized spacial score (nSPS) is 17.2. The number of nitrogens with zero attached hydrogens (tertiary/aromatic N) is 2. The number of thiazole rings is 1. The van der Waals surface area contributed by atoms with Crippen LogP contribution in [0.15, 0.2) is 88.2 Å². The summed E-state index contributed by atoms with van der Waals surface area (Å²) in [5, 5.41) is 10.9. The van der Waals surface area contributed by atoms with Crippen molar-refractivity contribution in [1.29, 1.82) is 0 Å². The van der Waals surface area contributed by atoms with Crippen LogP contribution in [0, 0.1) is 0 Å². The molecular weight excluding hydrogens is 452 g/mol. The van der Waals surface area contributed by atoms with E-state index >= 15 is 0 Å². The van der Waals surface area contributed by atoms with E-state index in [4.69, 9.17) is 16.6 Å². The van der Waals surface area contributed by atoms with Gasteiger partial charge in [0.1, 0.15) is 5.75 Å². The molecule has 1 aromatic heterocycles. The molecule has 0 saturated carbocycles. The molecule has 0 fully saturated rings. The van der Waals surface area contributed by atoms with Crippen LogP contribution in [-0.4, -0.2) is 9.67 Å². The van der Waals surface area contributed by atoms with E-state index in [0.29, 0.717) is 19.9 Å². The Morgan fingerprint density at radius 3 is 2.58 bits per heavy atom. The average molecular weight is 471 g/mol. The van der Waals surface area contributed by atoms with Crippen molar-refractivity contribution >= 4 is 34.7 Å². The standard InChI is InChI=1S/C27H19ClN2O2S/c28-19-12-9-17(10-13-19)25-21-14-11-16-5-1-3-7-20(16)24(21)29-27-30(25)26(32)23(33-27)15-18-6-2-4-8-22(18)31/h1-10,12-13,15,25,31H,11,14H2/b23-15-. The fourth-order valence-electron chi connectivity index (χ4n) is 4.72. The number of benzene rings is 3. The van der Waals surface area contributed by atoms with E-state index in [0.717, 1.165) is 35.2 Å². The maximum atomic E-state index is 13.7. The molecule has 2 aliphatic rings. The highest BCUT2D eigenvalue weighted by atomic mass is 35.5. The van der Waals surface area contributed by atoms with E-state index < -0.39 is 0 Å². The van der Waals surface area contributed by atoms with Gasteiger partial charge in [0.05, 0.1) is 16.3 Å². The third-order valence-electron chi connectivity index (χ3n) is 6.28. The van der Waals surface area contributed by atoms with Crippen LogP contribution in [0.5, 0.6) is 5.75 Å². The van der Waals surface area contributed by atoms with Gasteiger partial charge in [-0.1, -0.05) is 77.5 Å². The largest absolute Gasteiger partial charge is 0.507 e. The predicted molar refractivity (Wildman–Crippen MR) is 132 cm³/mol. The van der Waals surface area contributed by atoms with Crippen molar-refractivity contribution in [2.75, 3.05) is 0 Å². The van der Waals surface area contributed by atoms with Crippen molar-refractivity contribution < 1.29 is 5.11 Å². The van der Waals surface area contributed by atoms with Gasteiger partial charge in [-0.25, -0.2) is 4.99 Å². The minimum absolute atomic E-state index is 0.104. The molecule has 33 heavy (non-hydrogen) atoms. The third kappa shape index (κ3) is 3.36. The molecule has 6 heteroatoms. The molecule has 4 aromatic rings. The van der Waals surface area contributed by atoms with Gasteiger partial charge in [0.2, 0.25) is 0 Å². The first kappa shape index (κ1) is 20.2. The molecule has 2 heterocycles. The number of phenolic OH excluding ortho intramolecular Hbond substituents is 1. The summed E-state index contributed by atoms with van der Waals surface area (Å²) in [6.45, 7) is 0. The Balaban J connectivity index is 1.64. The van der Waals surface area contributed by atoms with Crippen molar-refractivity contribution in [1.82, 2.24) is 4.57 Å². The molecule has 3 aromatic carbocycles. The molecule has 0 amide bonds. The van der Waals surface area contributed by atoms with E-state index in [1.807, 2.05) is 36.4 Å². The van der Waals surface area contributed by atoms with Gasteiger partial charge < -0.3 is 5.11 Å². The monoisotopic (exact) mass is 470 g/mol. The zero-order valence-corrected chi connectivity index (χ0v) is 19.1. The van der Waals surface area contributed by atoms with Crippen LogP contribution in [0.25, 0.3) is 11.8 Å². The summed E-state index contributed by atoms with van der Waals surface area (Å²) in [6, 6.07) is 22.9. The Kier molecular flexibility index (Phi) is 4.82. The van der Waals surface area contributed by atoms with Crippen molar-refractivity contribution in [3.05, 3.63) is 125 Å². The van der Waals surface area contributed by atoms with Gasteiger partial charge in [-0.15, -0.1) is 0 Å². The lowest BCUT2D eigenvalue weighted by Gasteiger charge is -2.30. The zero-order valence-electron chi connectivity index (χ0n) is 17.5. The first-order valence-electron chi connectivity index (χ1n) is 10.8. The lowest BCUT2D eigenvalue weighted by atomic mass is 9.83. The summed E-state index contributed by atoms with van der Waals surface area (Å²) >= 11 is 7.52. The summed E-state index contributed by atoms with van der Waals surface area (Å²) in [7, 11) is 0. The second-order valence-electron chi connectivity index (χ2n) is 8.22. The van der Waals surface area contributed by atoms with Crippen LogP contribution in [0.3, 0.4) is 0 Å². The number of rotatable bonds is 2. The van der Waals surface area contributed by atoms with Gasteiger partial charge in [0.15, 0.2) is 4.80 Å². The summed E-state index contributed by atoms with van der Waals surface area (Å²) in [5.41, 5.74) is 6.05. The van der Waals surface area contributed by atoms with E-state index in [1.165, 1.54) is 16.9 Å². The summed E-state index contributed by atoms with van der Waals surface area (Å²) < 4.78 is 2.34. The lowest BCUT2D eigenvalue weighted by molar-refractivity contribution is 0.474. The molecule has 1 atom stereocenters. The molecule has 0 saturated heterocycles. The van der Waals surface area contributed by atoms with Crippen LogP contribution < -0.4 is 14.9 Å². The number of para-hydroxylation sites is 1. The molecule has 1 N–H and O–H groups in total. The molecule has 1 aliphatic heterocycles. The minimum Gasteiger partial charge on any atom is -0.507 e. The van der Waals surface area contributed by atoms with Crippen LogP contribution in [0.4, 0.5) is 0 Å². The van der Waals surface area contributed by atoms with Gasteiger partial charge in [-0.3, -0.25) is 9.36 Å². The van der Waals surface area contributed by atoms with Crippen molar-refractivity contribution in [2.45, 2.75) is 18.9 Å². The van der Waals surface area contributed by atoms with Gasteiger partial charge in [-0.05, 0) is 53.8 Å². The molecular formula is C27H19ClN2O2S. The summed E-state index contributed by atoms with van der Waals surface area (Å²) in [4.78, 5) is 19.3. The smallest absolute Gasteiger partial charge is 0.271 e. The quantitative estimate of drug-likeness (QED) is 0.462. The lowest BCUT2D eigenvalue weighted by Crippen LogP contribution is -2.38. The number of phenols is 1. The first-order valence-corrected chi connectivity index (χ1v) is 12.0. The summed E-state index contributed by atoms with van der Waals surface area (Å²) in [6.07, 6.45) is 3.50. The van der Waals surface area contributed by atoms with Crippen molar-refractivity contribution in [2.24, 2.45) is 4.99 Å². The highest BCUT2D eigenvalue weighted by molar-refractivity contribution is 7.07. The average Bonchev–Trinajstić information content (AvgIpc) is 3.14. The number of aromatic hydroxyl groups is 1. The Hall–Kier alpha value is -3.41. The fraction of sp³-hybridized carbons (Fsp3) is 0.111. The predicted octanol–water partition coefficient (Wildman–Crippen LogP) is 4.68. The first-order chi connectivity index (χ1) is 16.1. The van der Waals surface area contributed by atoms with Gasteiger partial charge in [0, 0.05) is 16.1 Å². The minimum atomic E-state index is -0.242. The zero-order chi connectivity index (χ0) is 22.5. The SMILES string of the molecule is O=c1/c(=C/c2ccccc2O)sc2n1C(c1ccc(Cl)cc1)C1=C(N=2)c2ccccc2CC1. The molecule has 0 spiro atoms. The third-order valence-corrected chi connectivity index (χ3v) is 7.52. The number of aryl methyl sites for hydroxylation is 1. The Bertz CT molecular complexity index is 1610. The van der Waals surface area contributed by atoms with Crippen LogP contribution in [0.2, 0.25) is 5.02 Å². The molecule has 162 valence electrons. The Morgan fingerprint density at radius 1 is 1.00 bits per heavy atom. The van der Waals surface area contributed by atoms with Crippen LogP contribution in [0.1, 0.15) is 34.7 Å². The number of hydrogen-bond donors (Lipinski definition) is 1. The highest BCUT2D eigenvalue weighted by Crippen LogP contribution is 2.41. The maximum absolute atomic E-state index is 13.7. The molecule has 1 unspecified atom stereocenters. The maximum Gasteiger partial charge on any atom is 0.271 e. The number of halogens is 1. The molecule has 1 aliphatic carbocycles. The molecule has 6 rings (SSSR count). The molecule has 0 bridgehead atoms. The van der Waals surface area contributed by atoms with E-state index in [-0.39, 0.29) is 17.4 Å². The second kappa shape index (κ2) is 7.87. The number of allylic oxidation sites excluding steroid dienone is 1. The van der Waals surface area contributed by atoms with Gasteiger partial charge in [0.25, 0.3) is 5.56 Å². The second-order valence-corrected chi connectivity index (χ2v) is 9.67. The van der Waals surface area contributed by atoms with Crippen LogP contribution in [-0.2, 0) is 6.42 Å². The summed E-state index contributed by atoms with van der Waals surface area (Å²) in [5.74, 6) is 0.144. The molecule has 0 radical (unpaired) electrons. The van der Waals surface area contributed by atoms with E-state index in [2.05, 4.69) is 18.2 Å². The highest BCUT2D eigenvalue weighted by Gasteiger charge is 2.32. The topological polar surface area (TPSA) is 54.6 Å². The van der Waals surface area contributed by atoms with Gasteiger partial charge in [-0.2, -0.15) is 0 Å². The van der Waals surface area contributed by atoms with E-state index in [9.17, 15) is 9.90 Å². The Labute approximate surface area is 199 Å². The van der Waals surface area contributed by atoms with Gasteiger partial charge >= 0.3 is 0 Å². The Morgan fingerprint density at radius 2 is 1.76 bits per heavy atom. The van der Waals surface area contributed by atoms with Crippen molar-refractivity contribution in [3.8, 4) is 5.75 Å².